The Morgan fingerprint density at radius 1 is 1.14 bits per heavy atom. The maximum Gasteiger partial charge on any atom is 0.136 e. The van der Waals surface area contributed by atoms with E-state index in [1.807, 2.05) is 19.1 Å². The smallest absolute Gasteiger partial charge is 0.136 e. The van der Waals surface area contributed by atoms with Crippen molar-refractivity contribution in [3.8, 4) is 11.3 Å². The van der Waals surface area contributed by atoms with E-state index in [1.54, 1.807) is 12.4 Å². The van der Waals surface area contributed by atoms with Gasteiger partial charge in [0.1, 0.15) is 11.0 Å². The zero-order chi connectivity index (χ0) is 19.8. The quantitative estimate of drug-likeness (QED) is 0.448. The first kappa shape index (κ1) is 19.4. The van der Waals surface area contributed by atoms with Gasteiger partial charge < -0.3 is 4.57 Å². The number of fused-ring (bicyclic) bond motifs is 1. The Labute approximate surface area is 175 Å². The standard InChI is InChI=1S/C22H24Cl2N4/c1-13(2)22-26-18-9-19(24)27-20(16-8-17(23)11-25-10-16)21(18)28(22)12-15-6-4-14(3)5-7-15/h8-11,14-15H,1,4-7,12H2,2-3H3. The first-order valence-corrected chi connectivity index (χ1v) is 10.5. The first-order valence-electron chi connectivity index (χ1n) is 9.76. The largest absolute Gasteiger partial charge is 0.322 e. The molecule has 6 heteroatoms. The SMILES string of the molecule is C=C(C)c1nc2cc(Cl)nc(-c3cncc(Cl)c3)c2n1CC1CCC(C)CC1. The van der Waals surface area contributed by atoms with E-state index >= 15 is 0 Å². The van der Waals surface area contributed by atoms with Gasteiger partial charge in [-0.3, -0.25) is 4.98 Å². The van der Waals surface area contributed by atoms with Gasteiger partial charge in [-0.2, -0.15) is 0 Å². The molecule has 3 aromatic heterocycles. The molecule has 1 aliphatic carbocycles. The highest BCUT2D eigenvalue weighted by atomic mass is 35.5. The summed E-state index contributed by atoms with van der Waals surface area (Å²) in [5, 5.41) is 0.978. The van der Waals surface area contributed by atoms with Crippen LogP contribution in [0.1, 0.15) is 45.4 Å². The van der Waals surface area contributed by atoms with Crippen LogP contribution in [0.15, 0.2) is 31.1 Å². The number of pyridine rings is 2. The molecule has 4 rings (SSSR count). The molecular weight excluding hydrogens is 391 g/mol. The molecule has 0 radical (unpaired) electrons. The average Bonchev–Trinajstić information content (AvgIpc) is 3.01. The molecule has 1 saturated carbocycles. The lowest BCUT2D eigenvalue weighted by Gasteiger charge is -2.27. The van der Waals surface area contributed by atoms with Gasteiger partial charge in [-0.15, -0.1) is 0 Å². The van der Waals surface area contributed by atoms with Gasteiger partial charge in [0.05, 0.1) is 21.7 Å². The zero-order valence-electron chi connectivity index (χ0n) is 16.3. The van der Waals surface area contributed by atoms with Crippen molar-refractivity contribution in [1.82, 2.24) is 19.5 Å². The van der Waals surface area contributed by atoms with Gasteiger partial charge in [-0.1, -0.05) is 49.5 Å². The van der Waals surface area contributed by atoms with Crippen molar-refractivity contribution in [2.24, 2.45) is 11.8 Å². The normalized spacial score (nSPS) is 19.9. The summed E-state index contributed by atoms with van der Waals surface area (Å²) in [4.78, 5) is 13.7. The summed E-state index contributed by atoms with van der Waals surface area (Å²) in [7, 11) is 0. The molecule has 1 aliphatic rings. The van der Waals surface area contributed by atoms with E-state index in [0.29, 0.717) is 16.1 Å². The van der Waals surface area contributed by atoms with Crippen molar-refractivity contribution < 1.29 is 0 Å². The number of allylic oxidation sites excluding steroid dienone is 1. The molecule has 1 fully saturated rings. The summed E-state index contributed by atoms with van der Waals surface area (Å²) in [6.07, 6.45) is 8.44. The van der Waals surface area contributed by atoms with Crippen molar-refractivity contribution in [3.05, 3.63) is 47.1 Å². The minimum atomic E-state index is 0.409. The predicted octanol–water partition coefficient (Wildman–Crippen LogP) is 6.66. The van der Waals surface area contributed by atoms with Crippen LogP contribution in [-0.4, -0.2) is 19.5 Å². The van der Waals surface area contributed by atoms with Crippen molar-refractivity contribution in [2.75, 3.05) is 0 Å². The summed E-state index contributed by atoms with van der Waals surface area (Å²) in [6, 6.07) is 3.69. The van der Waals surface area contributed by atoms with Crippen LogP contribution in [0.3, 0.4) is 0 Å². The van der Waals surface area contributed by atoms with Crippen LogP contribution in [-0.2, 0) is 6.54 Å². The Bertz CT molecular complexity index is 1030. The minimum absolute atomic E-state index is 0.409. The van der Waals surface area contributed by atoms with Gasteiger partial charge in [0, 0.05) is 30.6 Å². The highest BCUT2D eigenvalue weighted by molar-refractivity contribution is 6.31. The molecule has 0 aromatic carbocycles. The third kappa shape index (κ3) is 3.81. The number of hydrogen-bond acceptors (Lipinski definition) is 3. The number of halogens is 2. The molecule has 3 heterocycles. The van der Waals surface area contributed by atoms with Crippen molar-refractivity contribution >= 4 is 39.8 Å². The lowest BCUT2D eigenvalue weighted by molar-refractivity contribution is 0.266. The van der Waals surface area contributed by atoms with Crippen LogP contribution in [0.4, 0.5) is 0 Å². The fraction of sp³-hybridized carbons (Fsp3) is 0.409. The van der Waals surface area contributed by atoms with Gasteiger partial charge in [0.2, 0.25) is 0 Å². The molecule has 4 nitrogen and oxygen atoms in total. The molecule has 0 aliphatic heterocycles. The molecule has 0 bridgehead atoms. The van der Waals surface area contributed by atoms with Gasteiger partial charge in [0.15, 0.2) is 0 Å². The van der Waals surface area contributed by atoms with Crippen LogP contribution in [0, 0.1) is 11.8 Å². The summed E-state index contributed by atoms with van der Waals surface area (Å²) in [6.45, 7) is 9.41. The lowest BCUT2D eigenvalue weighted by Crippen LogP contribution is -2.19. The fourth-order valence-electron chi connectivity index (χ4n) is 4.14. The van der Waals surface area contributed by atoms with E-state index in [2.05, 4.69) is 28.0 Å². The monoisotopic (exact) mass is 414 g/mol. The third-order valence-corrected chi connectivity index (χ3v) is 6.03. The van der Waals surface area contributed by atoms with Gasteiger partial charge in [-0.25, -0.2) is 9.97 Å². The molecule has 146 valence electrons. The van der Waals surface area contributed by atoms with E-state index < -0.39 is 0 Å². The molecule has 0 N–H and O–H groups in total. The topological polar surface area (TPSA) is 43.6 Å². The van der Waals surface area contributed by atoms with Crippen LogP contribution in [0.25, 0.3) is 27.9 Å². The van der Waals surface area contributed by atoms with E-state index in [9.17, 15) is 0 Å². The molecule has 28 heavy (non-hydrogen) atoms. The highest BCUT2D eigenvalue weighted by Crippen LogP contribution is 2.35. The third-order valence-electron chi connectivity index (χ3n) is 5.63. The first-order chi connectivity index (χ1) is 13.4. The Morgan fingerprint density at radius 3 is 2.57 bits per heavy atom. The van der Waals surface area contributed by atoms with Crippen molar-refractivity contribution in [3.63, 3.8) is 0 Å². The van der Waals surface area contributed by atoms with Crippen LogP contribution in [0.5, 0.6) is 0 Å². The minimum Gasteiger partial charge on any atom is -0.322 e. The molecule has 0 amide bonds. The van der Waals surface area contributed by atoms with E-state index in [4.69, 9.17) is 28.2 Å². The number of hydrogen-bond donors (Lipinski definition) is 0. The van der Waals surface area contributed by atoms with Gasteiger partial charge in [-0.05, 0) is 43.2 Å². The van der Waals surface area contributed by atoms with Crippen LogP contribution in [0.2, 0.25) is 10.2 Å². The van der Waals surface area contributed by atoms with E-state index in [0.717, 1.165) is 46.2 Å². The summed E-state index contributed by atoms with van der Waals surface area (Å²) in [5.74, 6) is 2.35. The lowest BCUT2D eigenvalue weighted by atomic mass is 9.83. The summed E-state index contributed by atoms with van der Waals surface area (Å²) in [5.41, 5.74) is 4.35. The second-order valence-corrected chi connectivity index (χ2v) is 8.83. The molecule has 0 atom stereocenters. The molecule has 0 spiro atoms. The number of nitrogens with zero attached hydrogens (tertiary/aromatic N) is 4. The number of aromatic nitrogens is 4. The fourth-order valence-corrected chi connectivity index (χ4v) is 4.50. The second kappa shape index (κ2) is 7.84. The maximum atomic E-state index is 6.33. The second-order valence-electron chi connectivity index (χ2n) is 8.01. The predicted molar refractivity (Wildman–Crippen MR) is 117 cm³/mol. The Kier molecular flexibility index (Phi) is 5.44. The highest BCUT2D eigenvalue weighted by Gasteiger charge is 2.23. The van der Waals surface area contributed by atoms with E-state index in [-0.39, 0.29) is 0 Å². The molecule has 0 unspecified atom stereocenters. The van der Waals surface area contributed by atoms with Gasteiger partial charge in [0.25, 0.3) is 0 Å². The van der Waals surface area contributed by atoms with Crippen molar-refractivity contribution in [2.45, 2.75) is 46.1 Å². The summed E-state index contributed by atoms with van der Waals surface area (Å²) < 4.78 is 2.28. The summed E-state index contributed by atoms with van der Waals surface area (Å²) >= 11 is 12.5. The molecule has 3 aromatic rings. The molecule has 0 saturated heterocycles. The average molecular weight is 415 g/mol. The Morgan fingerprint density at radius 2 is 1.89 bits per heavy atom. The van der Waals surface area contributed by atoms with Crippen molar-refractivity contribution in [1.29, 1.82) is 0 Å². The van der Waals surface area contributed by atoms with Crippen LogP contribution < -0.4 is 0 Å². The van der Waals surface area contributed by atoms with E-state index in [1.165, 1.54) is 25.7 Å². The van der Waals surface area contributed by atoms with Gasteiger partial charge >= 0.3 is 0 Å². The Balaban J connectivity index is 1.88. The number of imidazole rings is 1. The Hall–Kier alpha value is -1.91. The maximum absolute atomic E-state index is 6.33. The number of rotatable bonds is 4. The zero-order valence-corrected chi connectivity index (χ0v) is 17.8. The molecular formula is C22H24Cl2N4. The van der Waals surface area contributed by atoms with Crippen LogP contribution >= 0.6 is 23.2 Å².